The van der Waals surface area contributed by atoms with Crippen LogP contribution in [0.3, 0.4) is 0 Å². The molecule has 0 rings (SSSR count). The van der Waals surface area contributed by atoms with Crippen LogP contribution in [0.15, 0.2) is 0 Å². The molecule has 0 amide bonds. The zero-order chi connectivity index (χ0) is 8.69. The standard InChI is InChI=1S/C7H12Cl4/c8-5-4-6(9)2-1-3-7(10)11/h6-7H,1-5H2. The van der Waals surface area contributed by atoms with Gasteiger partial charge in [0.1, 0.15) is 4.84 Å². The first-order valence-electron chi connectivity index (χ1n) is 3.65. The summed E-state index contributed by atoms with van der Waals surface area (Å²) in [6, 6.07) is 0. The van der Waals surface area contributed by atoms with E-state index in [0.29, 0.717) is 5.88 Å². The summed E-state index contributed by atoms with van der Waals surface area (Å²) < 4.78 is 0. The van der Waals surface area contributed by atoms with Crippen LogP contribution in [0.5, 0.6) is 0 Å². The van der Waals surface area contributed by atoms with Gasteiger partial charge in [-0.1, -0.05) is 0 Å². The first kappa shape index (κ1) is 12.2. The predicted octanol–water partition coefficient (Wildman–Crippen LogP) is 4.20. The molecule has 0 fully saturated rings. The molecule has 0 aromatic heterocycles. The van der Waals surface area contributed by atoms with Gasteiger partial charge in [0, 0.05) is 11.3 Å². The van der Waals surface area contributed by atoms with Crippen molar-refractivity contribution in [2.24, 2.45) is 0 Å². The fraction of sp³-hybridized carbons (Fsp3) is 1.00. The summed E-state index contributed by atoms with van der Waals surface area (Å²) in [4.78, 5) is -0.255. The average Bonchev–Trinajstić information content (AvgIpc) is 1.87. The van der Waals surface area contributed by atoms with E-state index in [2.05, 4.69) is 0 Å². The molecule has 0 N–H and O–H groups in total. The summed E-state index contributed by atoms with van der Waals surface area (Å²) in [6.07, 6.45) is 3.60. The van der Waals surface area contributed by atoms with Crippen LogP contribution in [-0.2, 0) is 0 Å². The Morgan fingerprint density at radius 1 is 0.909 bits per heavy atom. The van der Waals surface area contributed by atoms with Crippen molar-refractivity contribution in [3.8, 4) is 0 Å². The lowest BCUT2D eigenvalue weighted by Crippen LogP contribution is -2.00. The third-order valence-electron chi connectivity index (χ3n) is 1.36. The van der Waals surface area contributed by atoms with E-state index >= 15 is 0 Å². The smallest absolute Gasteiger partial charge is 0.107 e. The van der Waals surface area contributed by atoms with E-state index in [1.807, 2.05) is 0 Å². The third-order valence-corrected chi connectivity index (χ3v) is 2.45. The Bertz CT molecular complexity index is 84.5. The van der Waals surface area contributed by atoms with E-state index in [0.717, 1.165) is 25.7 Å². The Balaban J connectivity index is 3.10. The highest BCUT2D eigenvalue weighted by atomic mass is 35.5. The van der Waals surface area contributed by atoms with E-state index < -0.39 is 0 Å². The molecule has 1 atom stereocenters. The fourth-order valence-corrected chi connectivity index (χ4v) is 1.70. The third kappa shape index (κ3) is 9.07. The molecule has 0 spiro atoms. The van der Waals surface area contributed by atoms with Crippen LogP contribution in [0.4, 0.5) is 0 Å². The summed E-state index contributed by atoms with van der Waals surface area (Å²) in [7, 11) is 0. The summed E-state index contributed by atoms with van der Waals surface area (Å²) in [6.45, 7) is 0. The average molecular weight is 238 g/mol. The molecule has 0 bridgehead atoms. The molecule has 4 heteroatoms. The summed E-state index contributed by atoms with van der Waals surface area (Å²) >= 11 is 22.5. The minimum absolute atomic E-state index is 0.180. The van der Waals surface area contributed by atoms with Gasteiger partial charge in [-0.25, -0.2) is 0 Å². The molecule has 0 aliphatic rings. The Kier molecular flexibility index (Phi) is 8.61. The Hall–Kier alpha value is 1.16. The maximum atomic E-state index is 5.89. The van der Waals surface area contributed by atoms with Gasteiger partial charge in [0.05, 0.1) is 0 Å². The second-order valence-electron chi connectivity index (χ2n) is 2.40. The highest BCUT2D eigenvalue weighted by Crippen LogP contribution is 2.16. The number of halogens is 4. The zero-order valence-electron chi connectivity index (χ0n) is 6.20. The van der Waals surface area contributed by atoms with Crippen molar-refractivity contribution in [3.05, 3.63) is 0 Å². The molecule has 0 aliphatic carbocycles. The number of rotatable bonds is 6. The molecule has 0 saturated heterocycles. The summed E-state index contributed by atoms with van der Waals surface area (Å²) in [5.74, 6) is 0.624. The second-order valence-corrected chi connectivity index (χ2v) is 4.67. The van der Waals surface area contributed by atoms with E-state index in [4.69, 9.17) is 46.4 Å². The van der Waals surface area contributed by atoms with Gasteiger partial charge in [-0.3, -0.25) is 0 Å². The van der Waals surface area contributed by atoms with Gasteiger partial charge in [0.25, 0.3) is 0 Å². The lowest BCUT2D eigenvalue weighted by atomic mass is 10.2. The molecule has 11 heavy (non-hydrogen) atoms. The van der Waals surface area contributed by atoms with Gasteiger partial charge < -0.3 is 0 Å². The fourth-order valence-electron chi connectivity index (χ4n) is 0.756. The van der Waals surface area contributed by atoms with Crippen molar-refractivity contribution in [2.45, 2.75) is 35.9 Å². The highest BCUT2D eigenvalue weighted by molar-refractivity contribution is 6.44. The van der Waals surface area contributed by atoms with E-state index in [-0.39, 0.29) is 10.2 Å². The van der Waals surface area contributed by atoms with E-state index in [1.54, 1.807) is 0 Å². The molecule has 68 valence electrons. The first-order valence-corrected chi connectivity index (χ1v) is 5.49. The van der Waals surface area contributed by atoms with Crippen LogP contribution in [-0.4, -0.2) is 16.1 Å². The lowest BCUT2D eigenvalue weighted by molar-refractivity contribution is 0.659. The van der Waals surface area contributed by atoms with Gasteiger partial charge in [-0.15, -0.1) is 46.4 Å². The number of hydrogen-bond donors (Lipinski definition) is 0. The predicted molar refractivity (Wildman–Crippen MR) is 54.3 cm³/mol. The molecule has 0 radical (unpaired) electrons. The molecule has 0 aromatic rings. The second kappa shape index (κ2) is 7.79. The summed E-state index contributed by atoms with van der Waals surface area (Å²) in [5.41, 5.74) is 0. The van der Waals surface area contributed by atoms with Crippen molar-refractivity contribution < 1.29 is 0 Å². The van der Waals surface area contributed by atoms with E-state index in [1.165, 1.54) is 0 Å². The first-order chi connectivity index (χ1) is 5.16. The molecule has 0 aromatic carbocycles. The van der Waals surface area contributed by atoms with Crippen LogP contribution < -0.4 is 0 Å². The van der Waals surface area contributed by atoms with Gasteiger partial charge in [0.15, 0.2) is 0 Å². The Morgan fingerprint density at radius 3 is 2.00 bits per heavy atom. The molecule has 0 saturated carbocycles. The van der Waals surface area contributed by atoms with Crippen LogP contribution in [0, 0.1) is 0 Å². The minimum atomic E-state index is -0.255. The van der Waals surface area contributed by atoms with Gasteiger partial charge in [-0.2, -0.15) is 0 Å². The van der Waals surface area contributed by atoms with Gasteiger partial charge in [0.2, 0.25) is 0 Å². The van der Waals surface area contributed by atoms with Crippen molar-refractivity contribution in [1.82, 2.24) is 0 Å². The maximum Gasteiger partial charge on any atom is 0.107 e. The number of alkyl halides is 4. The van der Waals surface area contributed by atoms with Gasteiger partial charge >= 0.3 is 0 Å². The monoisotopic (exact) mass is 236 g/mol. The highest BCUT2D eigenvalue weighted by Gasteiger charge is 2.04. The normalized spacial score (nSPS) is 13.9. The molecule has 0 aliphatic heterocycles. The molecular weight excluding hydrogens is 226 g/mol. The largest absolute Gasteiger partial charge is 0.127 e. The zero-order valence-corrected chi connectivity index (χ0v) is 9.23. The lowest BCUT2D eigenvalue weighted by Gasteiger charge is -2.06. The maximum absolute atomic E-state index is 5.89. The van der Waals surface area contributed by atoms with Crippen molar-refractivity contribution in [3.63, 3.8) is 0 Å². The Morgan fingerprint density at radius 2 is 1.55 bits per heavy atom. The summed E-state index contributed by atoms with van der Waals surface area (Å²) in [5, 5.41) is 0.180. The van der Waals surface area contributed by atoms with Crippen LogP contribution in [0.25, 0.3) is 0 Å². The topological polar surface area (TPSA) is 0 Å². The molecule has 0 heterocycles. The van der Waals surface area contributed by atoms with Crippen LogP contribution in [0.1, 0.15) is 25.7 Å². The van der Waals surface area contributed by atoms with Gasteiger partial charge in [-0.05, 0) is 25.7 Å². The minimum Gasteiger partial charge on any atom is -0.127 e. The molecular formula is C7H12Cl4. The molecule has 1 unspecified atom stereocenters. The van der Waals surface area contributed by atoms with Crippen LogP contribution in [0.2, 0.25) is 0 Å². The van der Waals surface area contributed by atoms with Crippen molar-refractivity contribution in [1.29, 1.82) is 0 Å². The molecule has 0 nitrogen and oxygen atoms in total. The van der Waals surface area contributed by atoms with Crippen molar-refractivity contribution >= 4 is 46.4 Å². The van der Waals surface area contributed by atoms with Crippen LogP contribution >= 0.6 is 46.4 Å². The SMILES string of the molecule is ClCCC(Cl)CCCC(Cl)Cl. The Labute approximate surface area is 88.1 Å². The number of hydrogen-bond acceptors (Lipinski definition) is 0. The quantitative estimate of drug-likeness (QED) is 0.608. The van der Waals surface area contributed by atoms with E-state index in [9.17, 15) is 0 Å². The van der Waals surface area contributed by atoms with Crippen molar-refractivity contribution in [2.75, 3.05) is 5.88 Å².